The van der Waals surface area contributed by atoms with Crippen molar-refractivity contribution in [2.45, 2.75) is 42.2 Å². The van der Waals surface area contributed by atoms with Gasteiger partial charge in [0, 0.05) is 15.8 Å². The van der Waals surface area contributed by atoms with Crippen molar-refractivity contribution < 1.29 is 5.11 Å². The van der Waals surface area contributed by atoms with Crippen LogP contribution in [0.2, 0.25) is 5.02 Å². The molecule has 3 N–H and O–H groups in total. The number of hydrogen-bond acceptors (Lipinski definition) is 5. The van der Waals surface area contributed by atoms with Crippen LogP contribution in [-0.4, -0.2) is 31.3 Å². The number of benzene rings is 1. The Morgan fingerprint density at radius 2 is 2.10 bits per heavy atom. The van der Waals surface area contributed by atoms with Gasteiger partial charge >= 0.3 is 0 Å². The Labute approximate surface area is 132 Å². The van der Waals surface area contributed by atoms with E-state index >= 15 is 0 Å². The predicted octanol–water partition coefficient (Wildman–Crippen LogP) is 2.71. The topological polar surface area (TPSA) is 77.0 Å². The Morgan fingerprint density at radius 3 is 2.86 bits per heavy atom. The molecule has 21 heavy (non-hydrogen) atoms. The van der Waals surface area contributed by atoms with Crippen molar-refractivity contribution in [3.63, 3.8) is 0 Å². The Kier molecular flexibility index (Phi) is 4.37. The van der Waals surface area contributed by atoms with Gasteiger partial charge in [-0.15, -0.1) is 10.2 Å². The summed E-state index contributed by atoms with van der Waals surface area (Å²) in [5.74, 6) is 6.67. The van der Waals surface area contributed by atoms with Gasteiger partial charge < -0.3 is 10.9 Å². The largest absolute Gasteiger partial charge is 0.392 e. The van der Waals surface area contributed by atoms with E-state index in [4.69, 9.17) is 17.4 Å². The van der Waals surface area contributed by atoms with E-state index in [1.807, 2.05) is 12.1 Å². The van der Waals surface area contributed by atoms with Crippen LogP contribution in [0.15, 0.2) is 29.4 Å². The molecule has 112 valence electrons. The van der Waals surface area contributed by atoms with Crippen molar-refractivity contribution in [1.82, 2.24) is 14.9 Å². The zero-order valence-corrected chi connectivity index (χ0v) is 13.0. The van der Waals surface area contributed by atoms with E-state index in [1.165, 1.54) is 16.4 Å². The number of rotatable bonds is 3. The molecule has 1 aromatic heterocycles. The lowest BCUT2D eigenvalue weighted by molar-refractivity contribution is 0.137. The Bertz CT molecular complexity index is 633. The lowest BCUT2D eigenvalue weighted by Gasteiger charge is -2.26. The summed E-state index contributed by atoms with van der Waals surface area (Å²) in [5, 5.41) is 19.7. The Hall–Kier alpha value is -1.24. The van der Waals surface area contributed by atoms with Crippen LogP contribution in [0.5, 0.6) is 0 Å². The van der Waals surface area contributed by atoms with Crippen LogP contribution in [0.25, 0.3) is 11.4 Å². The van der Waals surface area contributed by atoms with Gasteiger partial charge in [-0.05, 0) is 25.0 Å². The molecule has 2 aromatic rings. The van der Waals surface area contributed by atoms with Crippen LogP contribution in [0.1, 0.15) is 25.7 Å². The van der Waals surface area contributed by atoms with E-state index in [-0.39, 0.29) is 11.4 Å². The number of aromatic nitrogens is 3. The smallest absolute Gasteiger partial charge is 0.210 e. The number of nitrogens with zero attached hydrogens (tertiary/aromatic N) is 3. The van der Waals surface area contributed by atoms with Gasteiger partial charge in [0.15, 0.2) is 5.82 Å². The molecule has 2 unspecified atom stereocenters. The molecule has 5 nitrogen and oxygen atoms in total. The third kappa shape index (κ3) is 3.17. The number of hydrogen-bond donors (Lipinski definition) is 2. The fraction of sp³-hybridized carbons (Fsp3) is 0.429. The number of aliphatic hydroxyl groups excluding tert-OH is 1. The fourth-order valence-corrected chi connectivity index (χ4v) is 3.86. The average molecular weight is 325 g/mol. The first-order chi connectivity index (χ1) is 10.1. The quantitative estimate of drug-likeness (QED) is 0.849. The zero-order valence-electron chi connectivity index (χ0n) is 11.4. The molecule has 1 aromatic carbocycles. The normalized spacial score (nSPS) is 22.4. The van der Waals surface area contributed by atoms with E-state index in [0.717, 1.165) is 31.2 Å². The molecule has 1 saturated carbocycles. The zero-order chi connectivity index (χ0) is 14.8. The van der Waals surface area contributed by atoms with E-state index < -0.39 is 0 Å². The molecule has 0 amide bonds. The standard InChI is InChI=1S/C14H17ClN4OS/c15-10-5-3-4-9(8-10)13-17-18-14(19(13)16)21-12-7-2-1-6-11(12)20/h3-5,8,11-12,20H,1-2,6-7,16H2. The van der Waals surface area contributed by atoms with E-state index in [0.29, 0.717) is 16.0 Å². The van der Waals surface area contributed by atoms with Gasteiger partial charge in [0.25, 0.3) is 0 Å². The first kappa shape index (κ1) is 14.7. The van der Waals surface area contributed by atoms with Crippen molar-refractivity contribution in [2.75, 3.05) is 5.84 Å². The second kappa shape index (κ2) is 6.25. The molecule has 0 aliphatic heterocycles. The van der Waals surface area contributed by atoms with Crippen molar-refractivity contribution >= 4 is 23.4 Å². The molecule has 0 saturated heterocycles. The maximum atomic E-state index is 10.0. The average Bonchev–Trinajstić information content (AvgIpc) is 2.83. The Morgan fingerprint density at radius 1 is 1.29 bits per heavy atom. The van der Waals surface area contributed by atoms with Gasteiger partial charge in [-0.1, -0.05) is 48.3 Å². The first-order valence-corrected chi connectivity index (χ1v) is 8.22. The molecule has 2 atom stereocenters. The van der Waals surface area contributed by atoms with Crippen LogP contribution in [0.4, 0.5) is 0 Å². The number of halogens is 1. The van der Waals surface area contributed by atoms with Crippen molar-refractivity contribution in [3.8, 4) is 11.4 Å². The van der Waals surface area contributed by atoms with E-state index in [1.54, 1.807) is 12.1 Å². The summed E-state index contributed by atoms with van der Waals surface area (Å²) in [7, 11) is 0. The number of aliphatic hydroxyl groups is 1. The molecule has 7 heteroatoms. The van der Waals surface area contributed by atoms with Crippen LogP contribution in [0, 0.1) is 0 Å². The highest BCUT2D eigenvalue weighted by atomic mass is 35.5. The summed E-state index contributed by atoms with van der Waals surface area (Å²) in [6, 6.07) is 7.35. The summed E-state index contributed by atoms with van der Waals surface area (Å²) in [6.45, 7) is 0. The van der Waals surface area contributed by atoms with Crippen molar-refractivity contribution in [1.29, 1.82) is 0 Å². The predicted molar refractivity (Wildman–Crippen MR) is 84.7 cm³/mol. The van der Waals surface area contributed by atoms with Crippen molar-refractivity contribution in [3.05, 3.63) is 29.3 Å². The fourth-order valence-electron chi connectivity index (χ4n) is 2.53. The maximum absolute atomic E-state index is 10.0. The molecule has 1 heterocycles. The minimum Gasteiger partial charge on any atom is -0.392 e. The third-order valence-corrected chi connectivity index (χ3v) is 5.25. The molecule has 0 spiro atoms. The highest BCUT2D eigenvalue weighted by molar-refractivity contribution is 7.99. The number of nitrogens with two attached hydrogens (primary N) is 1. The van der Waals surface area contributed by atoms with Crippen molar-refractivity contribution in [2.24, 2.45) is 0 Å². The molecular weight excluding hydrogens is 308 g/mol. The summed E-state index contributed by atoms with van der Waals surface area (Å²) in [4.78, 5) is 0. The minimum absolute atomic E-state index is 0.137. The first-order valence-electron chi connectivity index (χ1n) is 6.96. The molecule has 1 aliphatic carbocycles. The summed E-state index contributed by atoms with van der Waals surface area (Å²) in [5.41, 5.74) is 0.827. The molecule has 1 aliphatic rings. The summed E-state index contributed by atoms with van der Waals surface area (Å²) < 4.78 is 1.47. The molecule has 0 bridgehead atoms. The Balaban J connectivity index is 1.82. The van der Waals surface area contributed by atoms with Crippen LogP contribution < -0.4 is 5.84 Å². The maximum Gasteiger partial charge on any atom is 0.210 e. The monoisotopic (exact) mass is 324 g/mol. The van der Waals surface area contributed by atoms with Gasteiger partial charge in [-0.25, -0.2) is 4.68 Å². The second-order valence-corrected chi connectivity index (χ2v) is 6.84. The van der Waals surface area contributed by atoms with Gasteiger partial charge in [0.05, 0.1) is 6.10 Å². The number of nitrogen functional groups attached to an aromatic ring is 1. The van der Waals surface area contributed by atoms with Crippen LogP contribution in [0.3, 0.4) is 0 Å². The minimum atomic E-state index is -0.296. The third-order valence-electron chi connectivity index (χ3n) is 3.67. The van der Waals surface area contributed by atoms with Crippen LogP contribution >= 0.6 is 23.4 Å². The van der Waals surface area contributed by atoms with Gasteiger partial charge in [0.1, 0.15) is 0 Å². The number of thioether (sulfide) groups is 1. The molecule has 1 fully saturated rings. The molecule has 0 radical (unpaired) electrons. The SMILES string of the molecule is Nn1c(SC2CCCCC2O)nnc1-c1cccc(Cl)c1. The second-order valence-electron chi connectivity index (χ2n) is 5.19. The lowest BCUT2D eigenvalue weighted by atomic mass is 9.97. The van der Waals surface area contributed by atoms with E-state index in [9.17, 15) is 5.11 Å². The van der Waals surface area contributed by atoms with Gasteiger partial charge in [-0.3, -0.25) is 0 Å². The van der Waals surface area contributed by atoms with Gasteiger partial charge in [-0.2, -0.15) is 0 Å². The molecular formula is C14H17ClN4OS. The summed E-state index contributed by atoms with van der Waals surface area (Å²) in [6.07, 6.45) is 3.74. The highest BCUT2D eigenvalue weighted by Gasteiger charge is 2.26. The summed E-state index contributed by atoms with van der Waals surface area (Å²) >= 11 is 7.49. The molecule has 3 rings (SSSR count). The van der Waals surface area contributed by atoms with Gasteiger partial charge in [0.2, 0.25) is 5.16 Å². The van der Waals surface area contributed by atoms with Crippen LogP contribution in [-0.2, 0) is 0 Å². The lowest BCUT2D eigenvalue weighted by Crippen LogP contribution is -2.27. The van der Waals surface area contributed by atoms with E-state index in [2.05, 4.69) is 10.2 Å². The highest BCUT2D eigenvalue weighted by Crippen LogP contribution is 2.33.